The molecule has 0 bridgehead atoms. The van der Waals surface area contributed by atoms with Gasteiger partial charge in [-0.3, -0.25) is 0 Å². The molecule has 0 aliphatic carbocycles. The van der Waals surface area contributed by atoms with Gasteiger partial charge in [0.25, 0.3) is 0 Å². The van der Waals surface area contributed by atoms with Crippen LogP contribution in [0.5, 0.6) is 17.2 Å². The second kappa shape index (κ2) is 10.5. The van der Waals surface area contributed by atoms with Crippen LogP contribution >= 0.6 is 0 Å². The second-order valence-electron chi connectivity index (χ2n) is 7.14. The van der Waals surface area contributed by atoms with E-state index in [9.17, 15) is 10.1 Å². The second-order valence-corrected chi connectivity index (χ2v) is 7.14. The van der Waals surface area contributed by atoms with E-state index in [2.05, 4.69) is 6.07 Å². The van der Waals surface area contributed by atoms with Crippen LogP contribution in [0.15, 0.2) is 65.3 Å². The van der Waals surface area contributed by atoms with Crippen molar-refractivity contribution in [2.24, 2.45) is 5.73 Å². The van der Waals surface area contributed by atoms with Gasteiger partial charge in [-0.1, -0.05) is 30.3 Å². The number of allylic oxidation sites excluding steroid dienone is 2. The van der Waals surface area contributed by atoms with Crippen molar-refractivity contribution < 1.29 is 28.5 Å². The van der Waals surface area contributed by atoms with E-state index in [0.717, 1.165) is 5.56 Å². The average Bonchev–Trinajstić information content (AvgIpc) is 2.82. The van der Waals surface area contributed by atoms with Gasteiger partial charge in [0.2, 0.25) is 11.6 Å². The van der Waals surface area contributed by atoms with Crippen molar-refractivity contribution in [1.82, 2.24) is 0 Å². The Balaban J connectivity index is 2.14. The maximum atomic E-state index is 12.8. The van der Waals surface area contributed by atoms with Gasteiger partial charge in [-0.25, -0.2) is 4.79 Å². The average molecular weight is 450 g/mol. The monoisotopic (exact) mass is 450 g/mol. The molecule has 3 rings (SSSR count). The summed E-state index contributed by atoms with van der Waals surface area (Å²) >= 11 is 0. The summed E-state index contributed by atoms with van der Waals surface area (Å²) in [6.45, 7) is 3.75. The summed E-state index contributed by atoms with van der Waals surface area (Å²) < 4.78 is 27.8. The highest BCUT2D eigenvalue weighted by molar-refractivity contribution is 5.92. The predicted octanol–water partition coefficient (Wildman–Crippen LogP) is 3.93. The molecule has 172 valence electrons. The lowest BCUT2D eigenvalue weighted by Crippen LogP contribution is -2.25. The van der Waals surface area contributed by atoms with Crippen LogP contribution in [-0.4, -0.2) is 26.8 Å². The zero-order valence-corrected chi connectivity index (χ0v) is 19.0. The number of hydrogen-bond donors (Lipinski definition) is 1. The zero-order chi connectivity index (χ0) is 24.0. The van der Waals surface area contributed by atoms with E-state index in [-0.39, 0.29) is 36.0 Å². The molecule has 0 aromatic heterocycles. The van der Waals surface area contributed by atoms with Crippen molar-refractivity contribution in [3.8, 4) is 23.3 Å². The highest BCUT2D eigenvalue weighted by atomic mass is 16.5. The fourth-order valence-electron chi connectivity index (χ4n) is 3.65. The third-order valence-corrected chi connectivity index (χ3v) is 5.14. The molecule has 8 nitrogen and oxygen atoms in total. The maximum Gasteiger partial charge on any atom is 0.338 e. The molecule has 0 amide bonds. The van der Waals surface area contributed by atoms with E-state index in [1.165, 1.54) is 14.2 Å². The molecular formula is C25H26N2O6. The van der Waals surface area contributed by atoms with Gasteiger partial charge >= 0.3 is 5.97 Å². The Kier molecular flexibility index (Phi) is 7.46. The third-order valence-electron chi connectivity index (χ3n) is 5.14. The smallest absolute Gasteiger partial charge is 0.338 e. The van der Waals surface area contributed by atoms with Crippen molar-refractivity contribution in [2.45, 2.75) is 26.4 Å². The van der Waals surface area contributed by atoms with Crippen molar-refractivity contribution in [3.63, 3.8) is 0 Å². The quantitative estimate of drug-likeness (QED) is 0.602. The van der Waals surface area contributed by atoms with E-state index in [1.54, 1.807) is 26.0 Å². The van der Waals surface area contributed by atoms with Crippen LogP contribution < -0.4 is 19.9 Å². The van der Waals surface area contributed by atoms with E-state index in [0.29, 0.717) is 22.8 Å². The van der Waals surface area contributed by atoms with Gasteiger partial charge in [0.05, 0.1) is 32.3 Å². The summed E-state index contributed by atoms with van der Waals surface area (Å²) in [5.74, 6) is -0.0900. The number of methoxy groups -OCH3 is 2. The molecule has 1 unspecified atom stereocenters. The van der Waals surface area contributed by atoms with Crippen LogP contribution in [0.1, 0.15) is 30.9 Å². The van der Waals surface area contributed by atoms with E-state index in [4.69, 9.17) is 29.4 Å². The van der Waals surface area contributed by atoms with E-state index >= 15 is 0 Å². The molecule has 1 atom stereocenters. The number of carbonyl (C=O) groups excluding carboxylic acids is 1. The number of benzene rings is 2. The molecule has 0 radical (unpaired) electrons. The Labute approximate surface area is 192 Å². The summed E-state index contributed by atoms with van der Waals surface area (Å²) in [4.78, 5) is 12.8. The fraction of sp³-hybridized carbons (Fsp3) is 0.280. The van der Waals surface area contributed by atoms with Gasteiger partial charge in [-0.2, -0.15) is 5.26 Å². The predicted molar refractivity (Wildman–Crippen MR) is 120 cm³/mol. The first-order chi connectivity index (χ1) is 15.9. The van der Waals surface area contributed by atoms with Gasteiger partial charge in [0.1, 0.15) is 24.0 Å². The first kappa shape index (κ1) is 23.5. The van der Waals surface area contributed by atoms with Gasteiger partial charge in [-0.05, 0) is 37.1 Å². The summed E-state index contributed by atoms with van der Waals surface area (Å²) in [6, 6.07) is 15.1. The summed E-state index contributed by atoms with van der Waals surface area (Å²) in [5.41, 5.74) is 7.78. The summed E-state index contributed by atoms with van der Waals surface area (Å²) in [7, 11) is 3.00. The molecule has 33 heavy (non-hydrogen) atoms. The van der Waals surface area contributed by atoms with Gasteiger partial charge in [0, 0.05) is 0 Å². The van der Waals surface area contributed by atoms with Crippen LogP contribution in [0.25, 0.3) is 0 Å². The number of nitrogens with two attached hydrogens (primary N) is 1. The van der Waals surface area contributed by atoms with Crippen LogP contribution in [0.3, 0.4) is 0 Å². The minimum Gasteiger partial charge on any atom is -0.493 e. The molecule has 8 heteroatoms. The molecule has 1 aliphatic rings. The maximum absolute atomic E-state index is 12.8. The van der Waals surface area contributed by atoms with Crippen molar-refractivity contribution in [1.29, 1.82) is 5.26 Å². The first-order valence-corrected chi connectivity index (χ1v) is 10.3. The van der Waals surface area contributed by atoms with Crippen LogP contribution in [-0.2, 0) is 20.9 Å². The van der Waals surface area contributed by atoms with Gasteiger partial charge in [-0.15, -0.1) is 0 Å². The highest BCUT2D eigenvalue weighted by Gasteiger charge is 2.37. The Morgan fingerprint density at radius 3 is 2.45 bits per heavy atom. The lowest BCUT2D eigenvalue weighted by Gasteiger charge is -2.27. The molecule has 0 spiro atoms. The minimum atomic E-state index is -0.832. The molecule has 2 N–H and O–H groups in total. The number of nitrogens with zero attached hydrogens (tertiary/aromatic N) is 1. The van der Waals surface area contributed by atoms with E-state index in [1.807, 2.05) is 30.3 Å². The topological polar surface area (TPSA) is 113 Å². The van der Waals surface area contributed by atoms with Gasteiger partial charge < -0.3 is 29.4 Å². The molecule has 0 fully saturated rings. The molecule has 0 saturated carbocycles. The van der Waals surface area contributed by atoms with Crippen molar-refractivity contribution >= 4 is 5.97 Å². The number of nitriles is 1. The standard InChI is InChI=1S/C25H26N2O6/c1-5-31-25(28)21-15(2)33-24(27)18(13-26)22(21)17-11-19(29-3)23(30-4)20(12-17)32-14-16-9-7-6-8-10-16/h6-12,22H,5,14,27H2,1-4H3. The first-order valence-electron chi connectivity index (χ1n) is 10.3. The third kappa shape index (κ3) is 4.88. The Hall–Kier alpha value is -4.12. The van der Waals surface area contributed by atoms with Crippen LogP contribution in [0, 0.1) is 11.3 Å². The summed E-state index contributed by atoms with van der Waals surface area (Å²) in [6.07, 6.45) is 0. The molecule has 2 aromatic carbocycles. The number of esters is 1. The highest BCUT2D eigenvalue weighted by Crippen LogP contribution is 2.46. The van der Waals surface area contributed by atoms with Crippen LogP contribution in [0.4, 0.5) is 0 Å². The van der Waals surface area contributed by atoms with Gasteiger partial charge in [0.15, 0.2) is 11.5 Å². The number of hydrogen-bond acceptors (Lipinski definition) is 8. The van der Waals surface area contributed by atoms with E-state index < -0.39 is 11.9 Å². The van der Waals surface area contributed by atoms with Crippen LogP contribution in [0.2, 0.25) is 0 Å². The lowest BCUT2D eigenvalue weighted by atomic mass is 9.83. The largest absolute Gasteiger partial charge is 0.493 e. The minimum absolute atomic E-state index is 0.0745. The SMILES string of the molecule is CCOC(=O)C1=C(C)OC(N)=C(C#N)C1c1cc(OC)c(OC)c(OCc2ccccc2)c1. The molecule has 1 heterocycles. The molecule has 1 aliphatic heterocycles. The zero-order valence-electron chi connectivity index (χ0n) is 19.0. The normalized spacial score (nSPS) is 15.4. The number of carbonyl (C=O) groups is 1. The molecule has 2 aromatic rings. The Morgan fingerprint density at radius 2 is 1.85 bits per heavy atom. The Bertz CT molecular complexity index is 1130. The molecule has 0 saturated heterocycles. The number of ether oxygens (including phenoxy) is 5. The Morgan fingerprint density at radius 1 is 1.15 bits per heavy atom. The number of rotatable bonds is 8. The lowest BCUT2D eigenvalue weighted by molar-refractivity contribution is -0.139. The fourth-order valence-corrected chi connectivity index (χ4v) is 3.65. The summed E-state index contributed by atoms with van der Waals surface area (Å²) in [5, 5.41) is 9.83. The molecular weight excluding hydrogens is 424 g/mol. The van der Waals surface area contributed by atoms with Crippen molar-refractivity contribution in [2.75, 3.05) is 20.8 Å². The van der Waals surface area contributed by atoms with Crippen molar-refractivity contribution in [3.05, 3.63) is 76.4 Å².